The maximum absolute atomic E-state index is 11.8. The first-order valence-corrected chi connectivity index (χ1v) is 8.50. The number of nitrogens with zero attached hydrogens (tertiary/aromatic N) is 2. The third-order valence-electron chi connectivity index (χ3n) is 3.85. The van der Waals surface area contributed by atoms with Gasteiger partial charge in [0.05, 0.1) is 6.04 Å². The van der Waals surface area contributed by atoms with Gasteiger partial charge in [0.1, 0.15) is 0 Å². The fraction of sp³-hybridized carbons (Fsp3) is 0.600. The van der Waals surface area contributed by atoms with Gasteiger partial charge in [0.25, 0.3) is 0 Å². The molecule has 0 aliphatic carbocycles. The van der Waals surface area contributed by atoms with Crippen LogP contribution in [0.3, 0.4) is 0 Å². The molecule has 3 amide bonds. The highest BCUT2D eigenvalue weighted by Crippen LogP contribution is 2.17. The van der Waals surface area contributed by atoms with Crippen LogP contribution < -0.4 is 10.6 Å². The molecule has 2 heterocycles. The van der Waals surface area contributed by atoms with Crippen molar-refractivity contribution in [2.75, 3.05) is 39.3 Å². The van der Waals surface area contributed by atoms with E-state index in [2.05, 4.69) is 15.5 Å². The molecule has 0 aromatic carbocycles. The molecule has 1 atom stereocenters. The highest BCUT2D eigenvalue weighted by Gasteiger charge is 2.18. The second-order valence-corrected chi connectivity index (χ2v) is 6.46. The zero-order chi connectivity index (χ0) is 15.9. The number of piperazine rings is 1. The van der Waals surface area contributed by atoms with Gasteiger partial charge in [0, 0.05) is 51.1 Å². The van der Waals surface area contributed by atoms with Crippen LogP contribution in [0, 0.1) is 0 Å². The van der Waals surface area contributed by atoms with Crippen LogP contribution in [0.5, 0.6) is 0 Å². The van der Waals surface area contributed by atoms with E-state index in [1.165, 1.54) is 0 Å². The fourth-order valence-electron chi connectivity index (χ4n) is 2.47. The summed E-state index contributed by atoms with van der Waals surface area (Å²) in [5.41, 5.74) is 0. The van der Waals surface area contributed by atoms with Crippen molar-refractivity contribution in [2.24, 2.45) is 0 Å². The van der Waals surface area contributed by atoms with E-state index in [-0.39, 0.29) is 18.0 Å². The molecule has 1 saturated heterocycles. The van der Waals surface area contributed by atoms with Crippen LogP contribution >= 0.6 is 11.3 Å². The number of amides is 3. The number of hydrogen-bond donors (Lipinski definition) is 2. The topological polar surface area (TPSA) is 64.7 Å². The molecule has 6 nitrogen and oxygen atoms in total. The molecule has 2 rings (SSSR count). The molecule has 0 bridgehead atoms. The van der Waals surface area contributed by atoms with E-state index in [1.54, 1.807) is 18.3 Å². The van der Waals surface area contributed by atoms with Crippen molar-refractivity contribution in [3.63, 3.8) is 0 Å². The van der Waals surface area contributed by atoms with Gasteiger partial charge in [-0.1, -0.05) is 6.07 Å². The summed E-state index contributed by atoms with van der Waals surface area (Å²) in [5.74, 6) is 0.139. The highest BCUT2D eigenvalue weighted by atomic mass is 32.1. The van der Waals surface area contributed by atoms with Crippen LogP contribution in [0.25, 0.3) is 0 Å². The quantitative estimate of drug-likeness (QED) is 0.857. The van der Waals surface area contributed by atoms with Crippen molar-refractivity contribution in [3.8, 4) is 0 Å². The number of carbonyl (C=O) groups excluding carboxylic acids is 2. The zero-order valence-corrected chi connectivity index (χ0v) is 14.0. The normalized spacial score (nSPS) is 17.1. The Hall–Kier alpha value is -1.60. The summed E-state index contributed by atoms with van der Waals surface area (Å²) in [5, 5.41) is 7.83. The summed E-state index contributed by atoms with van der Waals surface area (Å²) in [6.45, 7) is 8.30. The Morgan fingerprint density at radius 2 is 2.05 bits per heavy atom. The Labute approximate surface area is 135 Å². The average Bonchev–Trinajstić information content (AvgIpc) is 3.02. The predicted octanol–water partition coefficient (Wildman–Crippen LogP) is 1.27. The maximum Gasteiger partial charge on any atom is 0.315 e. The van der Waals surface area contributed by atoms with Gasteiger partial charge in [0.15, 0.2) is 0 Å². The third kappa shape index (κ3) is 4.99. The van der Waals surface area contributed by atoms with E-state index in [0.717, 1.165) is 37.6 Å². The second kappa shape index (κ2) is 8.14. The third-order valence-corrected chi connectivity index (χ3v) is 4.90. The van der Waals surface area contributed by atoms with E-state index >= 15 is 0 Å². The Bertz CT molecular complexity index is 484. The van der Waals surface area contributed by atoms with Crippen molar-refractivity contribution >= 4 is 23.3 Å². The summed E-state index contributed by atoms with van der Waals surface area (Å²) >= 11 is 1.64. The molecule has 1 aromatic heterocycles. The molecule has 1 fully saturated rings. The molecular weight excluding hydrogens is 300 g/mol. The molecule has 0 saturated carbocycles. The highest BCUT2D eigenvalue weighted by molar-refractivity contribution is 7.10. The van der Waals surface area contributed by atoms with Gasteiger partial charge in [-0.15, -0.1) is 11.3 Å². The largest absolute Gasteiger partial charge is 0.340 e. The summed E-state index contributed by atoms with van der Waals surface area (Å²) in [6, 6.07) is 3.89. The van der Waals surface area contributed by atoms with Gasteiger partial charge in [0.2, 0.25) is 5.91 Å². The van der Waals surface area contributed by atoms with E-state index in [0.29, 0.717) is 6.54 Å². The lowest BCUT2D eigenvalue weighted by atomic mass is 10.3. The number of carbonyl (C=O) groups is 2. The Morgan fingerprint density at radius 1 is 1.32 bits per heavy atom. The lowest BCUT2D eigenvalue weighted by Gasteiger charge is -2.34. The van der Waals surface area contributed by atoms with Crippen molar-refractivity contribution in [1.29, 1.82) is 0 Å². The fourth-order valence-corrected chi connectivity index (χ4v) is 3.20. The van der Waals surface area contributed by atoms with Gasteiger partial charge >= 0.3 is 6.03 Å². The van der Waals surface area contributed by atoms with E-state index < -0.39 is 0 Å². The second-order valence-electron chi connectivity index (χ2n) is 5.49. The lowest BCUT2D eigenvalue weighted by Crippen LogP contribution is -2.50. The molecular formula is C15H24N4O2S. The molecule has 1 unspecified atom stereocenters. The van der Waals surface area contributed by atoms with Crippen molar-refractivity contribution < 1.29 is 9.59 Å². The predicted molar refractivity (Wildman–Crippen MR) is 88.0 cm³/mol. The first-order valence-electron chi connectivity index (χ1n) is 7.62. The van der Waals surface area contributed by atoms with E-state index in [1.807, 2.05) is 29.3 Å². The Kier molecular flexibility index (Phi) is 6.21. The summed E-state index contributed by atoms with van der Waals surface area (Å²) in [6.07, 6.45) is 0. The summed E-state index contributed by atoms with van der Waals surface area (Å²) < 4.78 is 0. The molecule has 2 N–H and O–H groups in total. The molecule has 122 valence electrons. The van der Waals surface area contributed by atoms with Gasteiger partial charge < -0.3 is 15.5 Å². The molecule has 1 aromatic rings. The van der Waals surface area contributed by atoms with Crippen LogP contribution in [0.15, 0.2) is 17.5 Å². The van der Waals surface area contributed by atoms with Crippen LogP contribution in [-0.4, -0.2) is 61.0 Å². The van der Waals surface area contributed by atoms with Crippen molar-refractivity contribution in [2.45, 2.75) is 19.9 Å². The smallest absolute Gasteiger partial charge is 0.315 e. The van der Waals surface area contributed by atoms with Gasteiger partial charge in [-0.3, -0.25) is 9.69 Å². The minimum Gasteiger partial charge on any atom is -0.340 e. The van der Waals surface area contributed by atoms with Gasteiger partial charge in [-0.25, -0.2) is 4.79 Å². The monoisotopic (exact) mass is 324 g/mol. The van der Waals surface area contributed by atoms with Crippen molar-refractivity contribution in [3.05, 3.63) is 22.4 Å². The molecule has 1 aliphatic heterocycles. The van der Waals surface area contributed by atoms with Gasteiger partial charge in [-0.05, 0) is 18.4 Å². The number of urea groups is 1. The molecule has 22 heavy (non-hydrogen) atoms. The lowest BCUT2D eigenvalue weighted by molar-refractivity contribution is -0.130. The zero-order valence-electron chi connectivity index (χ0n) is 13.2. The van der Waals surface area contributed by atoms with Crippen molar-refractivity contribution in [1.82, 2.24) is 20.4 Å². The number of hydrogen-bond acceptors (Lipinski definition) is 4. The first kappa shape index (κ1) is 16.8. The maximum atomic E-state index is 11.8. The minimum absolute atomic E-state index is 0.0270. The molecule has 7 heteroatoms. The van der Waals surface area contributed by atoms with Gasteiger partial charge in [-0.2, -0.15) is 0 Å². The average molecular weight is 324 g/mol. The molecule has 0 radical (unpaired) electrons. The standard InChI is InChI=1S/C15H24N4O2S/c1-12(14-4-3-11-22-14)17-15(21)16-5-6-18-7-9-19(10-8-18)13(2)20/h3-4,11-12H,5-10H2,1-2H3,(H2,16,17,21). The van der Waals surface area contributed by atoms with E-state index in [9.17, 15) is 9.59 Å². The van der Waals surface area contributed by atoms with Crippen LogP contribution in [-0.2, 0) is 4.79 Å². The Balaban J connectivity index is 1.60. The SMILES string of the molecule is CC(=O)N1CCN(CCNC(=O)NC(C)c2cccs2)CC1. The Morgan fingerprint density at radius 3 is 2.64 bits per heavy atom. The summed E-state index contributed by atoms with van der Waals surface area (Å²) in [7, 11) is 0. The number of thiophene rings is 1. The van der Waals surface area contributed by atoms with E-state index in [4.69, 9.17) is 0 Å². The first-order chi connectivity index (χ1) is 10.6. The summed E-state index contributed by atoms with van der Waals surface area (Å²) in [4.78, 5) is 28.4. The molecule has 1 aliphatic rings. The number of nitrogens with one attached hydrogen (secondary N) is 2. The minimum atomic E-state index is -0.136. The van der Waals surface area contributed by atoms with Crippen LogP contribution in [0.2, 0.25) is 0 Å². The number of rotatable bonds is 5. The molecule has 0 spiro atoms. The van der Waals surface area contributed by atoms with Crippen LogP contribution in [0.4, 0.5) is 4.79 Å². The van der Waals surface area contributed by atoms with Crippen LogP contribution in [0.1, 0.15) is 24.8 Å².